The van der Waals surface area contributed by atoms with Gasteiger partial charge in [0.2, 0.25) is 0 Å². The lowest BCUT2D eigenvalue weighted by atomic mass is 10.0. The average Bonchev–Trinajstić information content (AvgIpc) is 2.82. The van der Waals surface area contributed by atoms with Gasteiger partial charge in [-0.2, -0.15) is 0 Å². The second-order valence-corrected chi connectivity index (χ2v) is 5.93. The van der Waals surface area contributed by atoms with Crippen molar-refractivity contribution in [1.29, 1.82) is 0 Å². The van der Waals surface area contributed by atoms with Crippen LogP contribution in [0.3, 0.4) is 0 Å². The summed E-state index contributed by atoms with van der Waals surface area (Å²) in [7, 11) is 0. The van der Waals surface area contributed by atoms with Crippen molar-refractivity contribution in [2.45, 2.75) is 33.2 Å². The van der Waals surface area contributed by atoms with E-state index in [1.807, 2.05) is 24.4 Å². The van der Waals surface area contributed by atoms with E-state index in [2.05, 4.69) is 41.3 Å². The number of guanidine groups is 1. The maximum absolute atomic E-state index is 5.90. The summed E-state index contributed by atoms with van der Waals surface area (Å²) < 4.78 is 0. The van der Waals surface area contributed by atoms with E-state index in [4.69, 9.17) is 5.73 Å². The molecule has 0 aliphatic rings. The monoisotopic (exact) mass is 288 g/mol. The minimum Gasteiger partial charge on any atom is -0.370 e. The average molecular weight is 288 g/mol. The van der Waals surface area contributed by atoms with Crippen molar-refractivity contribution in [3.05, 3.63) is 45.9 Å². The van der Waals surface area contributed by atoms with Crippen molar-refractivity contribution in [3.8, 4) is 0 Å². The molecule has 0 spiro atoms. The third-order valence-corrected chi connectivity index (χ3v) is 3.83. The molecule has 1 aromatic carbocycles. The SMILES string of the molecule is Cc1csc(CN=C(N)Nc2cccc(C(C)C)c2)n1. The fraction of sp³-hybridized carbons (Fsp3) is 0.333. The molecular formula is C15H20N4S. The summed E-state index contributed by atoms with van der Waals surface area (Å²) in [6, 6.07) is 8.22. The van der Waals surface area contributed by atoms with Gasteiger partial charge < -0.3 is 11.1 Å². The zero-order valence-electron chi connectivity index (χ0n) is 12.1. The molecule has 1 heterocycles. The molecule has 0 fully saturated rings. The van der Waals surface area contributed by atoms with Crippen molar-refractivity contribution in [2.75, 3.05) is 5.32 Å². The minimum absolute atomic E-state index is 0.416. The molecule has 2 aromatic rings. The zero-order valence-corrected chi connectivity index (χ0v) is 12.9. The number of nitrogens with two attached hydrogens (primary N) is 1. The Kier molecular flexibility index (Phi) is 4.74. The van der Waals surface area contributed by atoms with E-state index in [1.54, 1.807) is 11.3 Å². The number of nitrogens with one attached hydrogen (secondary N) is 1. The van der Waals surface area contributed by atoms with E-state index in [0.717, 1.165) is 16.4 Å². The number of anilines is 1. The number of rotatable bonds is 4. The maximum Gasteiger partial charge on any atom is 0.193 e. The van der Waals surface area contributed by atoms with E-state index in [-0.39, 0.29) is 0 Å². The lowest BCUT2D eigenvalue weighted by Crippen LogP contribution is -2.22. The number of nitrogens with zero attached hydrogens (tertiary/aromatic N) is 2. The Morgan fingerprint density at radius 3 is 2.90 bits per heavy atom. The largest absolute Gasteiger partial charge is 0.370 e. The van der Waals surface area contributed by atoms with Gasteiger partial charge in [0.25, 0.3) is 0 Å². The number of benzene rings is 1. The minimum atomic E-state index is 0.416. The van der Waals surface area contributed by atoms with Gasteiger partial charge in [-0.25, -0.2) is 9.98 Å². The van der Waals surface area contributed by atoms with Gasteiger partial charge in [-0.05, 0) is 30.5 Å². The summed E-state index contributed by atoms with van der Waals surface area (Å²) in [5.41, 5.74) is 9.17. The predicted octanol–water partition coefficient (Wildman–Crippen LogP) is 3.50. The van der Waals surface area contributed by atoms with Crippen LogP contribution >= 0.6 is 11.3 Å². The normalized spacial score (nSPS) is 11.9. The summed E-state index contributed by atoms with van der Waals surface area (Å²) in [4.78, 5) is 8.66. The lowest BCUT2D eigenvalue weighted by Gasteiger charge is -2.09. The number of aliphatic imine (C=N–C) groups is 1. The molecule has 2 rings (SSSR count). The van der Waals surface area contributed by atoms with Crippen LogP contribution in [0.2, 0.25) is 0 Å². The van der Waals surface area contributed by atoms with Crippen LogP contribution in [0.25, 0.3) is 0 Å². The molecule has 0 aliphatic carbocycles. The molecule has 5 heteroatoms. The quantitative estimate of drug-likeness (QED) is 0.668. The van der Waals surface area contributed by atoms with Crippen LogP contribution in [-0.4, -0.2) is 10.9 Å². The number of thiazole rings is 1. The maximum atomic E-state index is 5.90. The Bertz CT molecular complexity index is 601. The Morgan fingerprint density at radius 2 is 2.25 bits per heavy atom. The first-order valence-electron chi connectivity index (χ1n) is 6.62. The van der Waals surface area contributed by atoms with Crippen LogP contribution in [0.1, 0.15) is 36.0 Å². The van der Waals surface area contributed by atoms with Crippen molar-refractivity contribution >= 4 is 23.0 Å². The highest BCUT2D eigenvalue weighted by molar-refractivity contribution is 7.09. The number of hydrogen-bond acceptors (Lipinski definition) is 3. The standard InChI is InChI=1S/C15H20N4S/c1-10(2)12-5-4-6-13(7-12)19-15(16)17-8-14-18-11(3)9-20-14/h4-7,9-10H,8H2,1-3H3,(H3,16,17,19). The Morgan fingerprint density at radius 1 is 1.45 bits per heavy atom. The Hall–Kier alpha value is -1.88. The van der Waals surface area contributed by atoms with Crippen LogP contribution < -0.4 is 11.1 Å². The number of aromatic nitrogens is 1. The molecule has 0 radical (unpaired) electrons. The van der Waals surface area contributed by atoms with Crippen molar-refractivity contribution in [3.63, 3.8) is 0 Å². The van der Waals surface area contributed by atoms with E-state index in [0.29, 0.717) is 18.4 Å². The molecule has 0 saturated carbocycles. The molecule has 0 saturated heterocycles. The van der Waals surface area contributed by atoms with Crippen LogP contribution in [0.5, 0.6) is 0 Å². The van der Waals surface area contributed by atoms with Gasteiger partial charge in [-0.15, -0.1) is 11.3 Å². The van der Waals surface area contributed by atoms with Crippen LogP contribution in [0.15, 0.2) is 34.6 Å². The van der Waals surface area contributed by atoms with E-state index >= 15 is 0 Å². The van der Waals surface area contributed by atoms with E-state index < -0.39 is 0 Å². The van der Waals surface area contributed by atoms with Gasteiger partial charge in [-0.3, -0.25) is 0 Å². The first-order chi connectivity index (χ1) is 9.54. The Labute approximate surface area is 123 Å². The summed E-state index contributed by atoms with van der Waals surface area (Å²) in [6.07, 6.45) is 0. The van der Waals surface area contributed by atoms with E-state index in [1.165, 1.54) is 5.56 Å². The molecule has 0 amide bonds. The fourth-order valence-electron chi connectivity index (χ4n) is 1.79. The number of hydrogen-bond donors (Lipinski definition) is 2. The van der Waals surface area contributed by atoms with Gasteiger partial charge in [0.05, 0.1) is 6.54 Å². The van der Waals surface area contributed by atoms with Crippen molar-refractivity contribution in [1.82, 2.24) is 4.98 Å². The molecule has 0 atom stereocenters. The third kappa shape index (κ3) is 4.06. The molecule has 0 bridgehead atoms. The molecule has 0 aliphatic heterocycles. The van der Waals surface area contributed by atoms with Gasteiger partial charge in [-0.1, -0.05) is 26.0 Å². The Balaban J connectivity index is 2.00. The highest BCUT2D eigenvalue weighted by Crippen LogP contribution is 2.18. The summed E-state index contributed by atoms with van der Waals surface area (Å²) in [5, 5.41) is 6.11. The second-order valence-electron chi connectivity index (χ2n) is 4.99. The number of aryl methyl sites for hydroxylation is 1. The third-order valence-electron chi connectivity index (χ3n) is 2.88. The highest BCUT2D eigenvalue weighted by Gasteiger charge is 2.02. The fourth-order valence-corrected chi connectivity index (χ4v) is 2.49. The topological polar surface area (TPSA) is 63.3 Å². The van der Waals surface area contributed by atoms with Crippen LogP contribution in [-0.2, 0) is 6.54 Å². The van der Waals surface area contributed by atoms with Crippen LogP contribution in [0, 0.1) is 6.92 Å². The summed E-state index contributed by atoms with van der Waals surface area (Å²) in [6.45, 7) is 6.83. The first kappa shape index (κ1) is 14.5. The zero-order chi connectivity index (χ0) is 14.5. The van der Waals surface area contributed by atoms with Gasteiger partial charge >= 0.3 is 0 Å². The van der Waals surface area contributed by atoms with Crippen molar-refractivity contribution < 1.29 is 0 Å². The molecular weight excluding hydrogens is 268 g/mol. The summed E-state index contributed by atoms with van der Waals surface area (Å²) in [5.74, 6) is 0.909. The smallest absolute Gasteiger partial charge is 0.193 e. The van der Waals surface area contributed by atoms with Crippen LogP contribution in [0.4, 0.5) is 5.69 Å². The van der Waals surface area contributed by atoms with Gasteiger partial charge in [0.15, 0.2) is 5.96 Å². The van der Waals surface area contributed by atoms with Gasteiger partial charge in [0.1, 0.15) is 5.01 Å². The van der Waals surface area contributed by atoms with Crippen molar-refractivity contribution in [2.24, 2.45) is 10.7 Å². The molecule has 0 unspecified atom stereocenters. The summed E-state index contributed by atoms with van der Waals surface area (Å²) >= 11 is 1.60. The second kappa shape index (κ2) is 6.52. The molecule has 3 N–H and O–H groups in total. The molecule has 1 aromatic heterocycles. The first-order valence-corrected chi connectivity index (χ1v) is 7.50. The lowest BCUT2D eigenvalue weighted by molar-refractivity contribution is 0.867. The highest BCUT2D eigenvalue weighted by atomic mass is 32.1. The molecule has 20 heavy (non-hydrogen) atoms. The molecule has 106 valence electrons. The predicted molar refractivity (Wildman–Crippen MR) is 86.3 cm³/mol. The van der Waals surface area contributed by atoms with Gasteiger partial charge in [0, 0.05) is 16.8 Å². The van der Waals surface area contributed by atoms with E-state index in [9.17, 15) is 0 Å². The molecule has 4 nitrogen and oxygen atoms in total.